The monoisotopic (exact) mass is 397 g/mol. The van der Waals surface area contributed by atoms with E-state index in [0.717, 1.165) is 74.3 Å². The molecule has 0 atom stereocenters. The number of halogens is 1. The van der Waals surface area contributed by atoms with E-state index in [1.807, 2.05) is 12.1 Å². The van der Waals surface area contributed by atoms with Crippen molar-refractivity contribution < 1.29 is 13.9 Å². The van der Waals surface area contributed by atoms with Gasteiger partial charge in [-0.2, -0.15) is 0 Å². The molecule has 1 aromatic heterocycles. The number of rotatable bonds is 6. The quantitative estimate of drug-likeness (QED) is 0.747. The third-order valence-corrected chi connectivity index (χ3v) is 6.06. The number of ether oxygens (including phenoxy) is 1. The summed E-state index contributed by atoms with van der Waals surface area (Å²) in [5, 5.41) is 0. The normalized spacial score (nSPS) is 17.2. The smallest absolute Gasteiger partial charge is 0.228 e. The molecule has 1 aliphatic heterocycles. The van der Waals surface area contributed by atoms with Gasteiger partial charge in [-0.1, -0.05) is 0 Å². The highest BCUT2D eigenvalue weighted by Crippen LogP contribution is 2.34. The van der Waals surface area contributed by atoms with Crippen molar-refractivity contribution in [2.45, 2.75) is 44.6 Å². The number of aromatic nitrogens is 1. The standard InChI is InChI=1S/C23H28FN3O2/c1-26(17-4-3-12-25-16-17)23(28)11-15-27-13-9-18(10-14-27)29-22-8-7-21(24)19-5-2-6-20(19)22/h3-4,7-8,12,16,18H,2,5-6,9-11,13-15H2,1H3. The third kappa shape index (κ3) is 4.58. The second-order valence-electron chi connectivity index (χ2n) is 7.93. The lowest BCUT2D eigenvalue weighted by Gasteiger charge is -2.32. The number of benzene rings is 1. The number of pyridine rings is 1. The zero-order valence-electron chi connectivity index (χ0n) is 16.9. The molecule has 4 rings (SSSR count). The first-order valence-electron chi connectivity index (χ1n) is 10.5. The van der Waals surface area contributed by atoms with Crippen LogP contribution in [0.15, 0.2) is 36.7 Å². The number of carbonyl (C=O) groups excluding carboxylic acids is 1. The SMILES string of the molecule is CN(C(=O)CCN1CCC(Oc2ccc(F)c3c2CCC3)CC1)c1cccnc1. The van der Waals surface area contributed by atoms with Gasteiger partial charge < -0.3 is 14.5 Å². The predicted octanol–water partition coefficient (Wildman–Crippen LogP) is 3.61. The van der Waals surface area contributed by atoms with Gasteiger partial charge in [-0.3, -0.25) is 9.78 Å². The van der Waals surface area contributed by atoms with Crippen molar-refractivity contribution in [2.75, 3.05) is 31.6 Å². The summed E-state index contributed by atoms with van der Waals surface area (Å²) in [7, 11) is 1.79. The Labute approximate surface area is 171 Å². The number of amides is 1. The number of fused-ring (bicyclic) bond motifs is 1. The lowest BCUT2D eigenvalue weighted by Crippen LogP contribution is -2.40. The van der Waals surface area contributed by atoms with Crippen molar-refractivity contribution in [3.8, 4) is 5.75 Å². The summed E-state index contributed by atoms with van der Waals surface area (Å²) in [6.07, 6.45) is 8.65. The first kappa shape index (κ1) is 19.8. The van der Waals surface area contributed by atoms with Crippen molar-refractivity contribution in [3.63, 3.8) is 0 Å². The zero-order valence-corrected chi connectivity index (χ0v) is 16.9. The van der Waals surface area contributed by atoms with Gasteiger partial charge in [0.2, 0.25) is 5.91 Å². The second kappa shape index (κ2) is 8.91. The van der Waals surface area contributed by atoms with Gasteiger partial charge in [0, 0.05) is 44.9 Å². The lowest BCUT2D eigenvalue weighted by atomic mass is 10.1. The Kier molecular flexibility index (Phi) is 6.09. The molecule has 5 nitrogen and oxygen atoms in total. The third-order valence-electron chi connectivity index (χ3n) is 6.06. The minimum absolute atomic E-state index is 0.0956. The molecule has 29 heavy (non-hydrogen) atoms. The number of hydrogen-bond donors (Lipinski definition) is 0. The molecule has 0 N–H and O–H groups in total. The summed E-state index contributed by atoms with van der Waals surface area (Å²) >= 11 is 0. The van der Waals surface area contributed by atoms with Gasteiger partial charge in [-0.05, 0) is 61.9 Å². The van der Waals surface area contributed by atoms with E-state index >= 15 is 0 Å². The van der Waals surface area contributed by atoms with E-state index in [4.69, 9.17) is 4.74 Å². The van der Waals surface area contributed by atoms with Crippen LogP contribution in [-0.4, -0.2) is 48.6 Å². The summed E-state index contributed by atoms with van der Waals surface area (Å²) in [6, 6.07) is 7.05. The van der Waals surface area contributed by atoms with Crippen LogP contribution in [0.3, 0.4) is 0 Å². The summed E-state index contributed by atoms with van der Waals surface area (Å²) in [5.41, 5.74) is 2.73. The van der Waals surface area contributed by atoms with Gasteiger partial charge in [0.05, 0.1) is 11.9 Å². The fourth-order valence-corrected chi connectivity index (χ4v) is 4.29. The molecule has 1 aromatic carbocycles. The van der Waals surface area contributed by atoms with Crippen LogP contribution in [0.1, 0.15) is 36.8 Å². The van der Waals surface area contributed by atoms with Gasteiger partial charge in [-0.15, -0.1) is 0 Å². The number of carbonyl (C=O) groups is 1. The molecular weight excluding hydrogens is 369 g/mol. The predicted molar refractivity (Wildman–Crippen MR) is 111 cm³/mol. The van der Waals surface area contributed by atoms with Crippen LogP contribution in [0.25, 0.3) is 0 Å². The molecule has 0 saturated carbocycles. The van der Waals surface area contributed by atoms with E-state index in [0.29, 0.717) is 6.42 Å². The molecule has 0 radical (unpaired) electrons. The molecular formula is C23H28FN3O2. The fourth-order valence-electron chi connectivity index (χ4n) is 4.29. The van der Waals surface area contributed by atoms with Crippen LogP contribution in [0.4, 0.5) is 10.1 Å². The van der Waals surface area contributed by atoms with Gasteiger partial charge in [-0.25, -0.2) is 4.39 Å². The number of hydrogen-bond acceptors (Lipinski definition) is 4. The zero-order chi connectivity index (χ0) is 20.2. The van der Waals surface area contributed by atoms with Crippen molar-refractivity contribution >= 4 is 11.6 Å². The summed E-state index contributed by atoms with van der Waals surface area (Å²) in [6.45, 7) is 2.58. The fraction of sp³-hybridized carbons (Fsp3) is 0.478. The summed E-state index contributed by atoms with van der Waals surface area (Å²) in [4.78, 5) is 20.5. The molecule has 6 heteroatoms. The van der Waals surface area contributed by atoms with E-state index in [1.54, 1.807) is 36.5 Å². The molecule has 0 bridgehead atoms. The molecule has 1 fully saturated rings. The molecule has 2 aliphatic rings. The van der Waals surface area contributed by atoms with Gasteiger partial charge in [0.25, 0.3) is 0 Å². The molecule has 1 aliphatic carbocycles. The number of likely N-dealkylation sites (tertiary alicyclic amines) is 1. The van der Waals surface area contributed by atoms with E-state index < -0.39 is 0 Å². The second-order valence-corrected chi connectivity index (χ2v) is 7.93. The van der Waals surface area contributed by atoms with Crippen LogP contribution in [0.5, 0.6) is 5.75 Å². The Morgan fingerprint density at radius 2 is 2.03 bits per heavy atom. The topological polar surface area (TPSA) is 45.7 Å². The maximum atomic E-state index is 13.9. The maximum Gasteiger partial charge on any atom is 0.228 e. The van der Waals surface area contributed by atoms with Crippen molar-refractivity contribution in [1.82, 2.24) is 9.88 Å². The van der Waals surface area contributed by atoms with Crippen molar-refractivity contribution in [3.05, 3.63) is 53.6 Å². The van der Waals surface area contributed by atoms with Crippen LogP contribution in [-0.2, 0) is 17.6 Å². The molecule has 1 amide bonds. The van der Waals surface area contributed by atoms with Gasteiger partial charge in [0.15, 0.2) is 0 Å². The van der Waals surface area contributed by atoms with E-state index in [9.17, 15) is 9.18 Å². The minimum Gasteiger partial charge on any atom is -0.490 e. The summed E-state index contributed by atoms with van der Waals surface area (Å²) < 4.78 is 20.2. The average molecular weight is 397 g/mol. The first-order valence-corrected chi connectivity index (χ1v) is 10.5. The highest BCUT2D eigenvalue weighted by atomic mass is 19.1. The summed E-state index contributed by atoms with van der Waals surface area (Å²) in [5.74, 6) is 0.865. The Balaban J connectivity index is 1.24. The maximum absolute atomic E-state index is 13.9. The molecule has 2 aromatic rings. The van der Waals surface area contributed by atoms with Crippen molar-refractivity contribution in [1.29, 1.82) is 0 Å². The van der Waals surface area contributed by atoms with E-state index in [2.05, 4.69) is 9.88 Å². The van der Waals surface area contributed by atoms with Crippen LogP contribution in [0, 0.1) is 5.82 Å². The molecule has 2 heterocycles. The Morgan fingerprint density at radius 3 is 2.79 bits per heavy atom. The number of nitrogens with zero attached hydrogens (tertiary/aromatic N) is 3. The van der Waals surface area contributed by atoms with Gasteiger partial charge in [0.1, 0.15) is 17.7 Å². The number of anilines is 1. The Hall–Kier alpha value is -2.47. The van der Waals surface area contributed by atoms with Gasteiger partial charge >= 0.3 is 0 Å². The minimum atomic E-state index is -0.0967. The average Bonchev–Trinajstić information content (AvgIpc) is 3.26. The largest absolute Gasteiger partial charge is 0.490 e. The Bertz CT molecular complexity index is 851. The molecule has 0 unspecified atom stereocenters. The molecule has 154 valence electrons. The Morgan fingerprint density at radius 1 is 1.24 bits per heavy atom. The van der Waals surface area contributed by atoms with Crippen LogP contribution in [0.2, 0.25) is 0 Å². The lowest BCUT2D eigenvalue weighted by molar-refractivity contribution is -0.118. The first-order chi connectivity index (χ1) is 14.1. The van der Waals surface area contributed by atoms with Crippen LogP contribution < -0.4 is 9.64 Å². The number of piperidine rings is 1. The molecule has 1 saturated heterocycles. The highest BCUT2D eigenvalue weighted by molar-refractivity contribution is 5.92. The molecule has 0 spiro atoms. The highest BCUT2D eigenvalue weighted by Gasteiger charge is 2.25. The van der Waals surface area contributed by atoms with Crippen molar-refractivity contribution in [2.24, 2.45) is 0 Å². The van der Waals surface area contributed by atoms with E-state index in [-0.39, 0.29) is 17.8 Å². The van der Waals surface area contributed by atoms with E-state index in [1.165, 1.54) is 0 Å². The van der Waals surface area contributed by atoms with Crippen LogP contribution >= 0.6 is 0 Å².